The maximum absolute atomic E-state index is 12.6. The summed E-state index contributed by atoms with van der Waals surface area (Å²) in [5.74, 6) is 0.426. The standard InChI is InChI=1S/C9H8FO.Rb/c10-8-4-3-7-2-1-5-11-9(7)6-8;/h3-6H,1-2H2;/q-1;+1. The average molecular weight is 237 g/mol. The first-order chi connectivity index (χ1) is 5.36. The van der Waals surface area contributed by atoms with E-state index >= 15 is 0 Å². The SMILES string of the molecule is Fc1ccc2c(c1)O[CH-]CC2.[Rb+]. The van der Waals surface area contributed by atoms with Crippen molar-refractivity contribution >= 4 is 0 Å². The third-order valence-electron chi connectivity index (χ3n) is 1.77. The van der Waals surface area contributed by atoms with E-state index in [0.29, 0.717) is 5.75 Å². The zero-order valence-electron chi connectivity index (χ0n) is 7.01. The number of fused-ring (bicyclic) bond motifs is 1. The Morgan fingerprint density at radius 2 is 2.25 bits per heavy atom. The Hall–Kier alpha value is 0.755. The summed E-state index contributed by atoms with van der Waals surface area (Å²) in [6.07, 6.45) is 1.87. The second-order valence-electron chi connectivity index (χ2n) is 2.58. The maximum atomic E-state index is 12.6. The number of rotatable bonds is 0. The van der Waals surface area contributed by atoms with Gasteiger partial charge in [0.05, 0.1) is 5.75 Å². The molecule has 1 heterocycles. The smallest absolute Gasteiger partial charge is 0.662 e. The molecule has 0 N–H and O–H groups in total. The minimum atomic E-state index is -0.237. The van der Waals surface area contributed by atoms with Crippen molar-refractivity contribution in [1.29, 1.82) is 0 Å². The minimum absolute atomic E-state index is 0. The summed E-state index contributed by atoms with van der Waals surface area (Å²) in [5.41, 5.74) is 1.09. The van der Waals surface area contributed by atoms with Crippen LogP contribution in [-0.2, 0) is 6.42 Å². The molecule has 0 radical (unpaired) electrons. The van der Waals surface area contributed by atoms with E-state index in [2.05, 4.69) is 0 Å². The fourth-order valence-corrected chi connectivity index (χ4v) is 1.21. The summed E-state index contributed by atoms with van der Waals surface area (Å²) in [4.78, 5) is 0. The van der Waals surface area contributed by atoms with Crippen LogP contribution < -0.4 is 62.9 Å². The molecule has 1 nitrogen and oxygen atoms in total. The number of aryl methyl sites for hydroxylation is 1. The third-order valence-corrected chi connectivity index (χ3v) is 1.77. The summed E-state index contributed by atoms with van der Waals surface area (Å²) in [6, 6.07) is 4.66. The minimum Gasteiger partial charge on any atom is -0.662 e. The molecular weight excluding hydrogens is 229 g/mol. The van der Waals surface area contributed by atoms with Crippen molar-refractivity contribution in [3.05, 3.63) is 36.2 Å². The molecule has 1 aliphatic rings. The van der Waals surface area contributed by atoms with E-state index in [9.17, 15) is 4.39 Å². The predicted molar refractivity (Wildman–Crippen MR) is 39.6 cm³/mol. The van der Waals surface area contributed by atoms with E-state index < -0.39 is 0 Å². The molecule has 0 saturated heterocycles. The monoisotopic (exact) mass is 236 g/mol. The number of ether oxygens (including phenoxy) is 1. The van der Waals surface area contributed by atoms with Crippen LogP contribution in [0.15, 0.2) is 18.2 Å². The van der Waals surface area contributed by atoms with Gasteiger partial charge in [0, 0.05) is 6.07 Å². The molecule has 0 unspecified atom stereocenters. The Labute approximate surface area is 120 Å². The topological polar surface area (TPSA) is 9.23 Å². The quantitative estimate of drug-likeness (QED) is 0.543. The predicted octanol–water partition coefficient (Wildman–Crippen LogP) is -0.684. The Kier molecular flexibility index (Phi) is 4.37. The second-order valence-corrected chi connectivity index (χ2v) is 2.58. The molecule has 0 aromatic heterocycles. The van der Waals surface area contributed by atoms with Gasteiger partial charge in [-0.05, 0) is 18.1 Å². The summed E-state index contributed by atoms with van der Waals surface area (Å²) in [6.45, 7) is 1.71. The van der Waals surface area contributed by atoms with Gasteiger partial charge >= 0.3 is 58.2 Å². The van der Waals surface area contributed by atoms with Crippen LogP contribution in [0.2, 0.25) is 0 Å². The number of halogens is 1. The Bertz CT molecular complexity index is 275. The van der Waals surface area contributed by atoms with E-state index in [-0.39, 0.29) is 64.0 Å². The summed E-state index contributed by atoms with van der Waals surface area (Å²) in [7, 11) is 0. The van der Waals surface area contributed by atoms with Crippen LogP contribution in [0.4, 0.5) is 4.39 Å². The van der Waals surface area contributed by atoms with Crippen molar-refractivity contribution in [2.75, 3.05) is 0 Å². The Morgan fingerprint density at radius 1 is 1.42 bits per heavy atom. The average Bonchev–Trinajstić information content (AvgIpc) is 2.04. The molecule has 2 rings (SSSR count). The molecule has 1 aliphatic heterocycles. The van der Waals surface area contributed by atoms with Gasteiger partial charge in [-0.3, -0.25) is 0 Å². The van der Waals surface area contributed by atoms with Gasteiger partial charge in [-0.15, -0.1) is 6.42 Å². The molecule has 0 fully saturated rings. The Balaban J connectivity index is 0.000000720. The summed E-state index contributed by atoms with van der Waals surface area (Å²) < 4.78 is 17.7. The zero-order valence-corrected chi connectivity index (χ0v) is 11.9. The van der Waals surface area contributed by atoms with Crippen LogP contribution in [0.1, 0.15) is 12.0 Å². The van der Waals surface area contributed by atoms with Crippen LogP contribution in [0.25, 0.3) is 0 Å². The van der Waals surface area contributed by atoms with Crippen molar-refractivity contribution in [3.8, 4) is 5.75 Å². The number of benzene rings is 1. The Morgan fingerprint density at radius 3 is 3.08 bits per heavy atom. The van der Waals surface area contributed by atoms with Crippen LogP contribution in [0.5, 0.6) is 5.75 Å². The van der Waals surface area contributed by atoms with Gasteiger partial charge in [-0.2, -0.15) is 6.61 Å². The van der Waals surface area contributed by atoms with Crippen LogP contribution in [0.3, 0.4) is 0 Å². The molecule has 0 atom stereocenters. The molecule has 12 heavy (non-hydrogen) atoms. The summed E-state index contributed by atoms with van der Waals surface area (Å²) >= 11 is 0. The normalized spacial score (nSPS) is 14.1. The second kappa shape index (κ2) is 4.84. The fraction of sp³-hybridized carbons (Fsp3) is 0.222. The number of hydrogen-bond acceptors (Lipinski definition) is 1. The molecule has 58 valence electrons. The van der Waals surface area contributed by atoms with Gasteiger partial charge in [0.15, 0.2) is 0 Å². The first-order valence-electron chi connectivity index (χ1n) is 3.63. The fourth-order valence-electron chi connectivity index (χ4n) is 1.21. The molecule has 3 heteroatoms. The zero-order chi connectivity index (χ0) is 7.68. The van der Waals surface area contributed by atoms with Crippen molar-refractivity contribution in [2.24, 2.45) is 0 Å². The number of hydrogen-bond donors (Lipinski definition) is 0. The third kappa shape index (κ3) is 2.38. The van der Waals surface area contributed by atoms with E-state index in [1.807, 2.05) is 0 Å². The maximum Gasteiger partial charge on any atom is 1.00 e. The van der Waals surface area contributed by atoms with Crippen LogP contribution >= 0.6 is 0 Å². The van der Waals surface area contributed by atoms with E-state index in [0.717, 1.165) is 18.4 Å². The molecule has 0 spiro atoms. The van der Waals surface area contributed by atoms with Crippen molar-refractivity contribution in [2.45, 2.75) is 12.8 Å². The van der Waals surface area contributed by atoms with Crippen molar-refractivity contribution in [1.82, 2.24) is 0 Å². The van der Waals surface area contributed by atoms with Crippen LogP contribution in [0, 0.1) is 12.4 Å². The summed E-state index contributed by atoms with van der Waals surface area (Å²) in [5, 5.41) is 0. The van der Waals surface area contributed by atoms with E-state index in [1.54, 1.807) is 12.7 Å². The molecule has 0 amide bonds. The molecule has 1 aromatic carbocycles. The molecule has 1 aromatic rings. The van der Waals surface area contributed by atoms with Gasteiger partial charge in [-0.25, -0.2) is 4.39 Å². The van der Waals surface area contributed by atoms with Gasteiger partial charge < -0.3 is 4.74 Å². The van der Waals surface area contributed by atoms with Crippen LogP contribution in [-0.4, -0.2) is 0 Å². The van der Waals surface area contributed by atoms with Gasteiger partial charge in [-0.1, -0.05) is 6.07 Å². The molecule has 0 aliphatic carbocycles. The molecule has 0 bridgehead atoms. The van der Waals surface area contributed by atoms with E-state index in [4.69, 9.17) is 4.74 Å². The largest absolute Gasteiger partial charge is 1.00 e. The van der Waals surface area contributed by atoms with Gasteiger partial charge in [0.2, 0.25) is 0 Å². The molecule has 0 saturated carbocycles. The van der Waals surface area contributed by atoms with Gasteiger partial charge in [0.25, 0.3) is 0 Å². The first kappa shape index (κ1) is 10.8. The van der Waals surface area contributed by atoms with Gasteiger partial charge in [0.1, 0.15) is 5.82 Å². The van der Waals surface area contributed by atoms with Crippen molar-refractivity contribution in [3.63, 3.8) is 0 Å². The van der Waals surface area contributed by atoms with E-state index in [1.165, 1.54) is 12.1 Å². The first-order valence-corrected chi connectivity index (χ1v) is 3.63. The van der Waals surface area contributed by atoms with Crippen molar-refractivity contribution < 1.29 is 67.3 Å². The molecular formula is C9H8FORb.